The minimum Gasteiger partial charge on any atom is -0.379 e. The number of anilines is 2. The maximum absolute atomic E-state index is 12.9. The van der Waals surface area contributed by atoms with Crippen molar-refractivity contribution in [2.75, 3.05) is 23.7 Å². The van der Waals surface area contributed by atoms with Crippen molar-refractivity contribution >= 4 is 22.9 Å². The first-order chi connectivity index (χ1) is 12.4. The van der Waals surface area contributed by atoms with E-state index in [4.69, 9.17) is 0 Å². The molecule has 0 aliphatic heterocycles. The van der Waals surface area contributed by atoms with Crippen LogP contribution in [0.4, 0.5) is 28.9 Å². The van der Waals surface area contributed by atoms with E-state index < -0.39 is 37.5 Å². The van der Waals surface area contributed by atoms with E-state index in [2.05, 4.69) is 10.6 Å². The first-order valence-electron chi connectivity index (χ1n) is 7.79. The number of nitrogens with one attached hydrogen (secondary N) is 2. The Morgan fingerprint density at radius 3 is 1.42 bits per heavy atom. The molecule has 4 nitrogen and oxygen atoms in total. The molecule has 0 aromatic heterocycles. The highest BCUT2D eigenvalue weighted by molar-refractivity contribution is 6.31. The molecule has 0 fully saturated rings. The zero-order valence-corrected chi connectivity index (χ0v) is 13.4. The molecular formula is C18H14F4N2O2. The summed E-state index contributed by atoms with van der Waals surface area (Å²) >= 11 is 0. The van der Waals surface area contributed by atoms with Crippen molar-refractivity contribution < 1.29 is 27.2 Å². The summed E-state index contributed by atoms with van der Waals surface area (Å²) in [6.07, 6.45) is -5.33. The molecule has 2 aromatic rings. The quantitative estimate of drug-likeness (QED) is 0.652. The zero-order chi connectivity index (χ0) is 18.8. The summed E-state index contributed by atoms with van der Waals surface area (Å²) in [5.41, 5.74) is 0.251. The number of hydrogen-bond acceptors (Lipinski definition) is 4. The number of fused-ring (bicyclic) bond motifs is 2. The molecule has 2 N–H and O–H groups in total. The average Bonchev–Trinajstić information content (AvgIpc) is 2.62. The minimum absolute atomic E-state index is 0.0655. The predicted octanol–water partition coefficient (Wildman–Crippen LogP) is 3.82. The highest BCUT2D eigenvalue weighted by Crippen LogP contribution is 2.36. The van der Waals surface area contributed by atoms with Gasteiger partial charge in [0, 0.05) is 22.5 Å². The fourth-order valence-corrected chi connectivity index (χ4v) is 2.89. The SMILES string of the molecule is O=C1c2ccccc2C(=O)c2c(NCC(F)F)ccc(NCC(F)F)c21. The molecule has 3 rings (SSSR count). The standard InChI is InChI=1S/C18H14F4N2O2/c19-13(20)7-23-11-5-6-12(24-8-14(21)22)16-15(11)17(25)9-3-1-2-4-10(9)18(16)26/h1-6,13-14,23-24H,7-8H2. The number of carbonyl (C=O) groups excluding carboxylic acids is 2. The van der Waals surface area contributed by atoms with Gasteiger partial charge in [-0.2, -0.15) is 0 Å². The normalized spacial score (nSPS) is 13.0. The highest BCUT2D eigenvalue weighted by Gasteiger charge is 2.34. The second-order valence-corrected chi connectivity index (χ2v) is 5.66. The molecule has 26 heavy (non-hydrogen) atoms. The van der Waals surface area contributed by atoms with Gasteiger partial charge in [0.15, 0.2) is 11.6 Å². The van der Waals surface area contributed by atoms with E-state index >= 15 is 0 Å². The topological polar surface area (TPSA) is 58.2 Å². The van der Waals surface area contributed by atoms with Crippen molar-refractivity contribution in [2.24, 2.45) is 0 Å². The molecule has 0 spiro atoms. The first kappa shape index (κ1) is 17.9. The van der Waals surface area contributed by atoms with Gasteiger partial charge in [-0.1, -0.05) is 24.3 Å². The maximum Gasteiger partial charge on any atom is 0.255 e. The van der Waals surface area contributed by atoms with Crippen molar-refractivity contribution in [1.82, 2.24) is 0 Å². The lowest BCUT2D eigenvalue weighted by Crippen LogP contribution is -2.25. The van der Waals surface area contributed by atoms with Crippen molar-refractivity contribution in [3.05, 3.63) is 58.7 Å². The molecular weight excluding hydrogens is 352 g/mol. The van der Waals surface area contributed by atoms with Gasteiger partial charge in [-0.25, -0.2) is 17.6 Å². The lowest BCUT2D eigenvalue weighted by molar-refractivity contribution is 0.0980. The van der Waals surface area contributed by atoms with Crippen LogP contribution in [0.25, 0.3) is 0 Å². The molecule has 136 valence electrons. The number of halogens is 4. The third kappa shape index (κ3) is 3.26. The fraction of sp³-hybridized carbons (Fsp3) is 0.222. The number of hydrogen-bond donors (Lipinski definition) is 2. The second kappa shape index (κ2) is 7.15. The summed E-state index contributed by atoms with van der Waals surface area (Å²) in [5.74, 6) is -1.04. The molecule has 0 saturated carbocycles. The summed E-state index contributed by atoms with van der Waals surface area (Å²) < 4.78 is 50.2. The number of rotatable bonds is 6. The van der Waals surface area contributed by atoms with Crippen LogP contribution in [0.2, 0.25) is 0 Å². The van der Waals surface area contributed by atoms with E-state index in [0.29, 0.717) is 0 Å². The van der Waals surface area contributed by atoms with Crippen LogP contribution in [0.5, 0.6) is 0 Å². The summed E-state index contributed by atoms with van der Waals surface area (Å²) in [6, 6.07) is 8.76. The van der Waals surface area contributed by atoms with Gasteiger partial charge < -0.3 is 10.6 Å². The Morgan fingerprint density at radius 1 is 0.692 bits per heavy atom. The van der Waals surface area contributed by atoms with Gasteiger partial charge in [-0.05, 0) is 12.1 Å². The largest absolute Gasteiger partial charge is 0.379 e. The lowest BCUT2D eigenvalue weighted by Gasteiger charge is -2.23. The zero-order valence-electron chi connectivity index (χ0n) is 13.4. The van der Waals surface area contributed by atoms with Crippen molar-refractivity contribution in [2.45, 2.75) is 12.9 Å². The first-order valence-corrected chi connectivity index (χ1v) is 7.79. The summed E-state index contributed by atoms with van der Waals surface area (Å²) in [4.78, 5) is 25.7. The number of carbonyl (C=O) groups is 2. The Labute approximate surface area is 146 Å². The van der Waals surface area contributed by atoms with E-state index in [-0.39, 0.29) is 33.6 Å². The summed E-state index contributed by atoms with van der Waals surface area (Å²) in [5, 5.41) is 4.89. The molecule has 2 aromatic carbocycles. The Morgan fingerprint density at radius 2 is 1.08 bits per heavy atom. The molecule has 0 atom stereocenters. The van der Waals surface area contributed by atoms with Gasteiger partial charge in [0.1, 0.15) is 0 Å². The average molecular weight is 366 g/mol. The number of alkyl halides is 4. The Hall–Kier alpha value is -2.90. The van der Waals surface area contributed by atoms with Gasteiger partial charge in [0.05, 0.1) is 24.2 Å². The molecule has 1 aliphatic rings. The Kier molecular flexibility index (Phi) is 4.92. The second-order valence-electron chi connectivity index (χ2n) is 5.66. The van der Waals surface area contributed by atoms with Crippen LogP contribution in [0.3, 0.4) is 0 Å². The molecule has 0 unspecified atom stereocenters. The van der Waals surface area contributed by atoms with Crippen LogP contribution in [0.15, 0.2) is 36.4 Å². The summed E-state index contributed by atoms with van der Waals surface area (Å²) in [7, 11) is 0. The highest BCUT2D eigenvalue weighted by atomic mass is 19.3. The fourth-order valence-electron chi connectivity index (χ4n) is 2.89. The minimum atomic E-state index is -2.66. The molecule has 1 aliphatic carbocycles. The molecule has 0 bridgehead atoms. The van der Waals surface area contributed by atoms with E-state index in [1.54, 1.807) is 12.1 Å². The van der Waals surface area contributed by atoms with Crippen LogP contribution in [0.1, 0.15) is 31.8 Å². The monoisotopic (exact) mass is 366 g/mol. The van der Waals surface area contributed by atoms with E-state index in [0.717, 1.165) is 0 Å². The smallest absolute Gasteiger partial charge is 0.255 e. The van der Waals surface area contributed by atoms with Gasteiger partial charge in [0.2, 0.25) is 0 Å². The van der Waals surface area contributed by atoms with Gasteiger partial charge in [-0.3, -0.25) is 9.59 Å². The van der Waals surface area contributed by atoms with Crippen LogP contribution in [-0.4, -0.2) is 37.5 Å². The molecule has 0 amide bonds. The van der Waals surface area contributed by atoms with Crippen molar-refractivity contribution in [3.63, 3.8) is 0 Å². The number of ketones is 2. The van der Waals surface area contributed by atoms with E-state index in [9.17, 15) is 27.2 Å². The third-order valence-electron chi connectivity index (χ3n) is 3.97. The van der Waals surface area contributed by atoms with Crippen LogP contribution >= 0.6 is 0 Å². The maximum atomic E-state index is 12.9. The van der Waals surface area contributed by atoms with Crippen molar-refractivity contribution in [1.29, 1.82) is 0 Å². The van der Waals surface area contributed by atoms with Gasteiger partial charge >= 0.3 is 0 Å². The molecule has 0 saturated heterocycles. The van der Waals surface area contributed by atoms with Gasteiger partial charge in [0.25, 0.3) is 12.9 Å². The predicted molar refractivity (Wildman–Crippen MR) is 88.7 cm³/mol. The molecule has 8 heteroatoms. The molecule has 0 radical (unpaired) electrons. The Bertz CT molecular complexity index is 798. The number of benzene rings is 2. The van der Waals surface area contributed by atoms with Crippen molar-refractivity contribution in [3.8, 4) is 0 Å². The third-order valence-corrected chi connectivity index (χ3v) is 3.97. The van der Waals surface area contributed by atoms with Crippen LogP contribution in [0, 0.1) is 0 Å². The Balaban J connectivity index is 2.13. The summed E-state index contributed by atoms with van der Waals surface area (Å²) in [6.45, 7) is -1.42. The van der Waals surface area contributed by atoms with E-state index in [1.807, 2.05) is 0 Å². The van der Waals surface area contributed by atoms with E-state index in [1.165, 1.54) is 24.3 Å². The van der Waals surface area contributed by atoms with Crippen LogP contribution in [-0.2, 0) is 0 Å². The molecule has 0 heterocycles. The van der Waals surface area contributed by atoms with Gasteiger partial charge in [-0.15, -0.1) is 0 Å². The van der Waals surface area contributed by atoms with Crippen LogP contribution < -0.4 is 10.6 Å². The lowest BCUT2D eigenvalue weighted by atomic mass is 9.82.